The summed E-state index contributed by atoms with van der Waals surface area (Å²) in [4.78, 5) is 28.6. The van der Waals surface area contributed by atoms with E-state index in [4.69, 9.17) is 0 Å². The summed E-state index contributed by atoms with van der Waals surface area (Å²) >= 11 is 0. The maximum atomic E-state index is 13.0. The molecule has 0 saturated carbocycles. The lowest BCUT2D eigenvalue weighted by Crippen LogP contribution is -2.32. The summed E-state index contributed by atoms with van der Waals surface area (Å²) in [7, 11) is 0. The van der Waals surface area contributed by atoms with E-state index in [9.17, 15) is 9.59 Å². The number of amides is 1. The molecule has 1 saturated heterocycles. The second kappa shape index (κ2) is 7.03. The van der Waals surface area contributed by atoms with Gasteiger partial charge in [-0.25, -0.2) is 4.79 Å². The molecule has 1 aromatic heterocycles. The van der Waals surface area contributed by atoms with Crippen molar-refractivity contribution in [2.24, 2.45) is 5.92 Å². The minimum Gasteiger partial charge on any atom is -0.339 e. The second-order valence-electron chi connectivity index (χ2n) is 6.47. The van der Waals surface area contributed by atoms with Gasteiger partial charge in [-0.3, -0.25) is 14.3 Å². The standard InChI is InChI=1S/C18H23N3O3/c1-3-13-5-4-9-21(10-8-13)17(22)15-11-14(7-6-12(15)2)16-19-18(23)24-20-16/h6-7,11,13H,3-5,8-10H2,1-2H3,(H,19,20,23). The Bertz CT molecular complexity index is 778. The average Bonchev–Trinajstić information content (AvgIpc) is 2.88. The van der Waals surface area contributed by atoms with E-state index in [1.807, 2.05) is 24.0 Å². The highest BCUT2D eigenvalue weighted by Gasteiger charge is 2.22. The normalized spacial score (nSPS) is 18.4. The first-order chi connectivity index (χ1) is 11.6. The molecule has 1 aromatic carbocycles. The van der Waals surface area contributed by atoms with Crippen molar-refractivity contribution in [1.29, 1.82) is 0 Å². The van der Waals surface area contributed by atoms with Gasteiger partial charge < -0.3 is 4.90 Å². The first-order valence-corrected chi connectivity index (χ1v) is 8.54. The summed E-state index contributed by atoms with van der Waals surface area (Å²) in [6, 6.07) is 5.49. The Morgan fingerprint density at radius 2 is 2.21 bits per heavy atom. The van der Waals surface area contributed by atoms with Crippen molar-refractivity contribution < 1.29 is 9.32 Å². The van der Waals surface area contributed by atoms with Gasteiger partial charge >= 0.3 is 5.76 Å². The number of hydrogen-bond acceptors (Lipinski definition) is 4. The van der Waals surface area contributed by atoms with Gasteiger partial charge in [-0.05, 0) is 43.7 Å². The number of rotatable bonds is 3. The van der Waals surface area contributed by atoms with E-state index in [1.165, 1.54) is 12.8 Å². The molecule has 6 nitrogen and oxygen atoms in total. The predicted molar refractivity (Wildman–Crippen MR) is 90.8 cm³/mol. The fourth-order valence-electron chi connectivity index (χ4n) is 3.30. The Balaban J connectivity index is 1.85. The number of benzene rings is 1. The van der Waals surface area contributed by atoms with Gasteiger partial charge in [0, 0.05) is 24.2 Å². The van der Waals surface area contributed by atoms with Crippen LogP contribution in [-0.4, -0.2) is 34.0 Å². The van der Waals surface area contributed by atoms with Crippen molar-refractivity contribution in [2.45, 2.75) is 39.5 Å². The van der Waals surface area contributed by atoms with Gasteiger partial charge in [0.2, 0.25) is 0 Å². The minimum atomic E-state index is -0.600. The third-order valence-electron chi connectivity index (χ3n) is 4.89. The summed E-state index contributed by atoms with van der Waals surface area (Å²) in [6.45, 7) is 5.76. The summed E-state index contributed by atoms with van der Waals surface area (Å²) in [6.07, 6.45) is 4.49. The summed E-state index contributed by atoms with van der Waals surface area (Å²) in [5.74, 6) is 0.514. The highest BCUT2D eigenvalue weighted by atomic mass is 16.5. The molecule has 1 aliphatic rings. The number of likely N-dealkylation sites (tertiary alicyclic amines) is 1. The van der Waals surface area contributed by atoms with Crippen molar-refractivity contribution in [2.75, 3.05) is 13.1 Å². The molecule has 128 valence electrons. The van der Waals surface area contributed by atoms with Crippen molar-refractivity contribution >= 4 is 5.91 Å². The fraction of sp³-hybridized carbons (Fsp3) is 0.500. The number of carbonyl (C=O) groups excluding carboxylic acids is 1. The number of H-pyrrole nitrogens is 1. The van der Waals surface area contributed by atoms with Gasteiger partial charge in [-0.1, -0.05) is 30.6 Å². The predicted octanol–water partition coefficient (Wildman–Crippen LogP) is 2.99. The number of aromatic nitrogens is 2. The van der Waals surface area contributed by atoms with E-state index < -0.39 is 5.76 Å². The lowest BCUT2D eigenvalue weighted by molar-refractivity contribution is 0.0759. The molecular formula is C18H23N3O3. The van der Waals surface area contributed by atoms with Crippen LogP contribution in [0, 0.1) is 12.8 Å². The van der Waals surface area contributed by atoms with E-state index in [2.05, 4.69) is 21.6 Å². The van der Waals surface area contributed by atoms with Gasteiger partial charge in [-0.15, -0.1) is 0 Å². The maximum Gasteiger partial charge on any atom is 0.439 e. The Morgan fingerprint density at radius 1 is 1.38 bits per heavy atom. The van der Waals surface area contributed by atoms with Crippen molar-refractivity contribution in [3.63, 3.8) is 0 Å². The molecule has 1 unspecified atom stereocenters. The SMILES string of the molecule is CCC1CCCN(C(=O)c2cc(-c3noc(=O)[nH]3)ccc2C)CC1. The quantitative estimate of drug-likeness (QED) is 0.939. The molecule has 1 atom stereocenters. The largest absolute Gasteiger partial charge is 0.439 e. The minimum absolute atomic E-state index is 0.0527. The molecule has 6 heteroatoms. The number of nitrogens with zero attached hydrogens (tertiary/aromatic N) is 2. The van der Waals surface area contributed by atoms with Crippen LogP contribution < -0.4 is 5.76 Å². The lowest BCUT2D eigenvalue weighted by Gasteiger charge is -2.22. The van der Waals surface area contributed by atoms with E-state index in [0.29, 0.717) is 17.0 Å². The molecule has 0 spiro atoms. The number of hydrogen-bond donors (Lipinski definition) is 1. The molecule has 3 rings (SSSR count). The molecule has 0 radical (unpaired) electrons. The van der Waals surface area contributed by atoms with Crippen LogP contribution in [0.25, 0.3) is 11.4 Å². The summed E-state index contributed by atoms with van der Waals surface area (Å²) in [5, 5.41) is 3.70. The first kappa shape index (κ1) is 16.5. The Morgan fingerprint density at radius 3 is 2.92 bits per heavy atom. The van der Waals surface area contributed by atoms with Crippen LogP contribution in [0.3, 0.4) is 0 Å². The summed E-state index contributed by atoms with van der Waals surface area (Å²) < 4.78 is 4.55. The Kier molecular flexibility index (Phi) is 4.83. The maximum absolute atomic E-state index is 13.0. The second-order valence-corrected chi connectivity index (χ2v) is 6.47. The van der Waals surface area contributed by atoms with Gasteiger partial charge in [-0.2, -0.15) is 0 Å². The van der Waals surface area contributed by atoms with Crippen LogP contribution in [-0.2, 0) is 0 Å². The Labute approximate surface area is 140 Å². The molecule has 0 bridgehead atoms. The van der Waals surface area contributed by atoms with E-state index >= 15 is 0 Å². The van der Waals surface area contributed by atoms with Gasteiger partial charge in [0.1, 0.15) is 0 Å². The van der Waals surface area contributed by atoms with Gasteiger partial charge in [0.25, 0.3) is 5.91 Å². The molecule has 1 N–H and O–H groups in total. The fourth-order valence-corrected chi connectivity index (χ4v) is 3.30. The van der Waals surface area contributed by atoms with Gasteiger partial charge in [0.15, 0.2) is 5.82 Å². The molecule has 24 heavy (non-hydrogen) atoms. The van der Waals surface area contributed by atoms with Crippen LogP contribution >= 0.6 is 0 Å². The topological polar surface area (TPSA) is 79.2 Å². The van der Waals surface area contributed by atoms with Crippen LogP contribution in [0.15, 0.2) is 27.5 Å². The summed E-state index contributed by atoms with van der Waals surface area (Å²) in [5.41, 5.74) is 2.26. The zero-order valence-corrected chi connectivity index (χ0v) is 14.2. The van der Waals surface area contributed by atoms with Gasteiger partial charge in [0.05, 0.1) is 0 Å². The zero-order chi connectivity index (χ0) is 17.1. The monoisotopic (exact) mass is 329 g/mol. The highest BCUT2D eigenvalue weighted by Crippen LogP contribution is 2.24. The lowest BCUT2D eigenvalue weighted by atomic mass is 9.98. The highest BCUT2D eigenvalue weighted by molar-refractivity contribution is 5.96. The molecule has 1 aliphatic heterocycles. The number of nitrogens with one attached hydrogen (secondary N) is 1. The number of aryl methyl sites for hydroxylation is 1. The number of carbonyl (C=O) groups is 1. The van der Waals surface area contributed by atoms with Crippen LogP contribution in [0.1, 0.15) is 48.5 Å². The molecule has 1 amide bonds. The van der Waals surface area contributed by atoms with Crippen molar-refractivity contribution in [1.82, 2.24) is 15.0 Å². The third-order valence-corrected chi connectivity index (χ3v) is 4.89. The van der Waals surface area contributed by atoms with E-state index in [-0.39, 0.29) is 5.91 Å². The molecule has 1 fully saturated rings. The van der Waals surface area contributed by atoms with E-state index in [1.54, 1.807) is 6.07 Å². The number of aromatic amines is 1. The molecular weight excluding hydrogens is 306 g/mol. The van der Waals surface area contributed by atoms with Crippen LogP contribution in [0.4, 0.5) is 0 Å². The average molecular weight is 329 g/mol. The zero-order valence-electron chi connectivity index (χ0n) is 14.2. The van der Waals surface area contributed by atoms with E-state index in [0.717, 1.165) is 37.4 Å². The Hall–Kier alpha value is -2.37. The first-order valence-electron chi connectivity index (χ1n) is 8.54. The molecule has 2 aromatic rings. The third kappa shape index (κ3) is 3.42. The van der Waals surface area contributed by atoms with Crippen molar-refractivity contribution in [3.8, 4) is 11.4 Å². The van der Waals surface area contributed by atoms with Crippen LogP contribution in [0.5, 0.6) is 0 Å². The smallest absolute Gasteiger partial charge is 0.339 e. The van der Waals surface area contributed by atoms with Crippen molar-refractivity contribution in [3.05, 3.63) is 39.9 Å². The van der Waals surface area contributed by atoms with Crippen LogP contribution in [0.2, 0.25) is 0 Å². The molecule has 2 heterocycles. The molecule has 0 aliphatic carbocycles.